The standard InChI is InChI=1S/C16H23N3O3/c1-11-6-7-19(14(20)21-15(3,4)5)10-16(11,9-17)13-8-12(2)22-18-13/h8,11H,6-7,10H2,1-5H3/t11-,16+/m0/s1. The third-order valence-corrected chi connectivity index (χ3v) is 4.05. The summed E-state index contributed by atoms with van der Waals surface area (Å²) in [5.74, 6) is 0.743. The number of nitrogens with zero attached hydrogens (tertiary/aromatic N) is 3. The van der Waals surface area contributed by atoms with Crippen LogP contribution < -0.4 is 0 Å². The van der Waals surface area contributed by atoms with Crippen LogP contribution in [0.15, 0.2) is 10.6 Å². The molecule has 0 N–H and O–H groups in total. The number of likely N-dealkylation sites (tertiary alicyclic amines) is 1. The summed E-state index contributed by atoms with van der Waals surface area (Å²) in [6.45, 7) is 10.1. The van der Waals surface area contributed by atoms with Gasteiger partial charge in [0, 0.05) is 19.2 Å². The molecule has 0 unspecified atom stereocenters. The largest absolute Gasteiger partial charge is 0.444 e. The molecule has 1 aromatic rings. The van der Waals surface area contributed by atoms with Crippen molar-refractivity contribution in [1.29, 1.82) is 5.26 Å². The molecule has 1 amide bonds. The van der Waals surface area contributed by atoms with Crippen molar-refractivity contribution >= 4 is 6.09 Å². The fourth-order valence-corrected chi connectivity index (χ4v) is 2.73. The van der Waals surface area contributed by atoms with Crippen LogP contribution in [0.5, 0.6) is 0 Å². The van der Waals surface area contributed by atoms with Crippen molar-refractivity contribution in [2.24, 2.45) is 5.92 Å². The fourth-order valence-electron chi connectivity index (χ4n) is 2.73. The molecule has 2 rings (SSSR count). The predicted octanol–water partition coefficient (Wildman–Crippen LogP) is 3.02. The first-order valence-corrected chi connectivity index (χ1v) is 7.51. The zero-order valence-electron chi connectivity index (χ0n) is 13.8. The Balaban J connectivity index is 2.27. The maximum atomic E-state index is 12.3. The van der Waals surface area contributed by atoms with E-state index < -0.39 is 11.0 Å². The normalized spacial score (nSPS) is 25.6. The van der Waals surface area contributed by atoms with Crippen molar-refractivity contribution in [2.75, 3.05) is 13.1 Å². The van der Waals surface area contributed by atoms with Crippen molar-refractivity contribution in [2.45, 2.75) is 52.1 Å². The number of piperidine rings is 1. The van der Waals surface area contributed by atoms with Gasteiger partial charge in [-0.2, -0.15) is 5.26 Å². The Bertz CT molecular complexity index is 597. The molecule has 1 saturated heterocycles. The number of aryl methyl sites for hydroxylation is 1. The number of ether oxygens (including phenoxy) is 1. The number of amides is 1. The van der Waals surface area contributed by atoms with Gasteiger partial charge in [0.2, 0.25) is 0 Å². The number of hydrogen-bond donors (Lipinski definition) is 0. The number of aromatic nitrogens is 1. The molecule has 1 aliphatic rings. The quantitative estimate of drug-likeness (QED) is 0.796. The van der Waals surface area contributed by atoms with Crippen LogP contribution in [-0.2, 0) is 10.2 Å². The van der Waals surface area contributed by atoms with Crippen LogP contribution in [0.3, 0.4) is 0 Å². The Morgan fingerprint density at radius 3 is 2.77 bits per heavy atom. The second-order valence-electron chi connectivity index (χ2n) is 7.00. The lowest BCUT2D eigenvalue weighted by molar-refractivity contribution is 0.0111. The van der Waals surface area contributed by atoms with Crippen molar-refractivity contribution < 1.29 is 14.1 Å². The Labute approximate surface area is 131 Å². The van der Waals surface area contributed by atoms with Gasteiger partial charge in [0.15, 0.2) is 0 Å². The van der Waals surface area contributed by atoms with E-state index in [2.05, 4.69) is 11.2 Å². The average Bonchev–Trinajstić information content (AvgIpc) is 2.84. The first-order chi connectivity index (χ1) is 10.2. The summed E-state index contributed by atoms with van der Waals surface area (Å²) >= 11 is 0. The summed E-state index contributed by atoms with van der Waals surface area (Å²) < 4.78 is 10.6. The number of carbonyl (C=O) groups excluding carboxylic acids is 1. The molecule has 0 bridgehead atoms. The van der Waals surface area contributed by atoms with E-state index in [0.717, 1.165) is 6.42 Å². The molecule has 6 heteroatoms. The molecule has 22 heavy (non-hydrogen) atoms. The van der Waals surface area contributed by atoms with Crippen molar-refractivity contribution in [3.8, 4) is 6.07 Å². The fraction of sp³-hybridized carbons (Fsp3) is 0.688. The van der Waals surface area contributed by atoms with Crippen LogP contribution in [0.2, 0.25) is 0 Å². The highest BCUT2D eigenvalue weighted by molar-refractivity contribution is 5.68. The first-order valence-electron chi connectivity index (χ1n) is 7.51. The molecule has 1 aliphatic heterocycles. The summed E-state index contributed by atoms with van der Waals surface area (Å²) in [7, 11) is 0. The lowest BCUT2D eigenvalue weighted by Gasteiger charge is -2.41. The zero-order chi connectivity index (χ0) is 16.5. The molecule has 2 atom stereocenters. The van der Waals surface area contributed by atoms with Gasteiger partial charge in [0.05, 0.1) is 6.07 Å². The van der Waals surface area contributed by atoms with Gasteiger partial charge in [-0.1, -0.05) is 12.1 Å². The van der Waals surface area contributed by atoms with Crippen LogP contribution in [-0.4, -0.2) is 34.8 Å². The van der Waals surface area contributed by atoms with Crippen LogP contribution in [0, 0.1) is 24.2 Å². The van der Waals surface area contributed by atoms with Gasteiger partial charge in [-0.15, -0.1) is 0 Å². The Kier molecular flexibility index (Phi) is 4.19. The van der Waals surface area contributed by atoms with E-state index in [1.165, 1.54) is 0 Å². The van der Waals surface area contributed by atoms with E-state index >= 15 is 0 Å². The average molecular weight is 305 g/mol. The minimum absolute atomic E-state index is 0.0840. The zero-order valence-corrected chi connectivity index (χ0v) is 13.8. The maximum Gasteiger partial charge on any atom is 0.410 e. The Morgan fingerprint density at radius 2 is 2.27 bits per heavy atom. The molecule has 0 aromatic carbocycles. The number of carbonyl (C=O) groups is 1. The number of nitriles is 1. The van der Waals surface area contributed by atoms with Crippen LogP contribution >= 0.6 is 0 Å². The monoisotopic (exact) mass is 305 g/mol. The second-order valence-corrected chi connectivity index (χ2v) is 7.00. The van der Waals surface area contributed by atoms with Gasteiger partial charge >= 0.3 is 6.09 Å². The molecule has 0 radical (unpaired) electrons. The van der Waals surface area contributed by atoms with E-state index in [-0.39, 0.29) is 18.6 Å². The highest BCUT2D eigenvalue weighted by atomic mass is 16.6. The highest BCUT2D eigenvalue weighted by Crippen LogP contribution is 2.38. The third-order valence-electron chi connectivity index (χ3n) is 4.05. The molecule has 2 heterocycles. The highest BCUT2D eigenvalue weighted by Gasteiger charge is 2.47. The SMILES string of the molecule is Cc1cc([C@]2(C#N)CN(C(=O)OC(C)(C)C)CC[C@@H]2C)no1. The van der Waals surface area contributed by atoms with Gasteiger partial charge in [-0.25, -0.2) is 4.79 Å². The van der Waals surface area contributed by atoms with Gasteiger partial charge in [0.25, 0.3) is 0 Å². The van der Waals surface area contributed by atoms with Gasteiger partial charge < -0.3 is 14.2 Å². The molecule has 0 spiro atoms. The lowest BCUT2D eigenvalue weighted by Crippen LogP contribution is -2.53. The first kappa shape index (κ1) is 16.3. The number of hydrogen-bond acceptors (Lipinski definition) is 5. The minimum Gasteiger partial charge on any atom is -0.444 e. The molecule has 6 nitrogen and oxygen atoms in total. The van der Waals surface area contributed by atoms with E-state index in [1.54, 1.807) is 17.9 Å². The van der Waals surface area contributed by atoms with Gasteiger partial charge in [-0.3, -0.25) is 0 Å². The molecule has 0 aliphatic carbocycles. The van der Waals surface area contributed by atoms with E-state index in [9.17, 15) is 10.1 Å². The van der Waals surface area contributed by atoms with Crippen LogP contribution in [0.1, 0.15) is 45.6 Å². The van der Waals surface area contributed by atoms with E-state index in [0.29, 0.717) is 18.0 Å². The van der Waals surface area contributed by atoms with Crippen LogP contribution in [0.4, 0.5) is 4.79 Å². The van der Waals surface area contributed by atoms with Crippen molar-refractivity contribution in [1.82, 2.24) is 10.1 Å². The molecular weight excluding hydrogens is 282 g/mol. The second kappa shape index (κ2) is 5.64. The Morgan fingerprint density at radius 1 is 1.59 bits per heavy atom. The molecular formula is C16H23N3O3. The van der Waals surface area contributed by atoms with Crippen molar-refractivity contribution in [3.05, 3.63) is 17.5 Å². The van der Waals surface area contributed by atoms with Crippen LogP contribution in [0.25, 0.3) is 0 Å². The Hall–Kier alpha value is -2.03. The lowest BCUT2D eigenvalue weighted by atomic mass is 9.70. The molecule has 1 fully saturated rings. The summed E-state index contributed by atoms with van der Waals surface area (Å²) in [6.07, 6.45) is 0.331. The maximum absolute atomic E-state index is 12.3. The molecule has 0 saturated carbocycles. The molecule has 120 valence electrons. The summed E-state index contributed by atoms with van der Waals surface area (Å²) in [5.41, 5.74) is -0.819. The summed E-state index contributed by atoms with van der Waals surface area (Å²) in [6, 6.07) is 4.15. The van der Waals surface area contributed by atoms with Gasteiger partial charge in [-0.05, 0) is 40.0 Å². The summed E-state index contributed by atoms with van der Waals surface area (Å²) in [4.78, 5) is 13.9. The van der Waals surface area contributed by atoms with E-state index in [1.807, 2.05) is 27.7 Å². The summed E-state index contributed by atoms with van der Waals surface area (Å²) in [5, 5.41) is 13.8. The smallest absolute Gasteiger partial charge is 0.410 e. The minimum atomic E-state index is -0.854. The number of rotatable bonds is 1. The predicted molar refractivity (Wildman–Crippen MR) is 80.1 cm³/mol. The third kappa shape index (κ3) is 3.08. The topological polar surface area (TPSA) is 79.4 Å². The van der Waals surface area contributed by atoms with E-state index in [4.69, 9.17) is 9.26 Å². The van der Waals surface area contributed by atoms with Crippen molar-refractivity contribution in [3.63, 3.8) is 0 Å². The molecule has 1 aromatic heterocycles. The van der Waals surface area contributed by atoms with Gasteiger partial charge in [0.1, 0.15) is 22.5 Å².